The van der Waals surface area contributed by atoms with E-state index in [2.05, 4.69) is 167 Å². The molecule has 8 aromatic rings. The van der Waals surface area contributed by atoms with Crippen molar-refractivity contribution >= 4 is 81.2 Å². The summed E-state index contributed by atoms with van der Waals surface area (Å²) in [5.74, 6) is 0.563. The molecule has 0 aliphatic rings. The van der Waals surface area contributed by atoms with Gasteiger partial charge in [0.25, 0.3) is 0 Å². The van der Waals surface area contributed by atoms with Gasteiger partial charge in [0.15, 0.2) is 0 Å². The predicted octanol–water partition coefficient (Wildman–Crippen LogP) is 15.0. The van der Waals surface area contributed by atoms with Gasteiger partial charge in [0.1, 0.15) is 0 Å². The summed E-state index contributed by atoms with van der Waals surface area (Å²) in [4.78, 5) is 0. The first-order valence-corrected chi connectivity index (χ1v) is 25.1. The van der Waals surface area contributed by atoms with Crippen molar-refractivity contribution in [3.63, 3.8) is 0 Å². The summed E-state index contributed by atoms with van der Waals surface area (Å²) in [5.41, 5.74) is 7.84. The van der Waals surface area contributed by atoms with E-state index in [-0.39, 0.29) is 0 Å². The number of hydrogen-bond donors (Lipinski definition) is 0. The molecular weight excluding hydrogens is 754 g/mol. The first kappa shape index (κ1) is 37.3. The molecule has 0 amide bonds. The van der Waals surface area contributed by atoms with Gasteiger partial charge in [-0.05, 0) is 43.6 Å². The van der Waals surface area contributed by atoms with Crippen LogP contribution in [-0.2, 0) is 20.8 Å². The van der Waals surface area contributed by atoms with E-state index in [4.69, 9.17) is 28.6 Å². The minimum atomic E-state index is -0.826. The monoisotopic (exact) mass is 790 g/mol. The number of rotatable bonds is 3. The SMILES string of the molecule is CC(C)c1cc2c(-c3cccc4ccccc34)cccc2[cH-]1.C[Si]C.Cc1cc2c(-c3cccc4ccccc34)ccc(Cl)c2[cH-]1.[Cl][Zr+2][Cl]. The number of fused-ring (bicyclic) bond motifs is 4. The molecule has 8 rings (SSSR count). The van der Waals surface area contributed by atoms with Gasteiger partial charge >= 0.3 is 37.9 Å². The Morgan fingerprint density at radius 3 is 1.59 bits per heavy atom. The van der Waals surface area contributed by atoms with Crippen LogP contribution in [0.5, 0.6) is 0 Å². The molecule has 0 N–H and O–H groups in total. The van der Waals surface area contributed by atoms with Gasteiger partial charge in [-0.15, -0.1) is 68.5 Å². The number of hydrogen-bond acceptors (Lipinski definition) is 0. The Morgan fingerprint density at radius 1 is 0.571 bits per heavy atom. The molecule has 5 heteroatoms. The average molecular weight is 793 g/mol. The summed E-state index contributed by atoms with van der Waals surface area (Å²) in [5, 5.41) is 11.1. The normalized spacial score (nSPS) is 10.6. The van der Waals surface area contributed by atoms with E-state index >= 15 is 0 Å². The molecule has 0 aliphatic heterocycles. The van der Waals surface area contributed by atoms with Crippen LogP contribution in [0.3, 0.4) is 0 Å². The zero-order chi connectivity index (χ0) is 34.9. The Morgan fingerprint density at radius 2 is 1.04 bits per heavy atom. The second kappa shape index (κ2) is 17.8. The maximum atomic E-state index is 6.35. The summed E-state index contributed by atoms with van der Waals surface area (Å²) in [6, 6.07) is 50.0. The van der Waals surface area contributed by atoms with Crippen molar-refractivity contribution in [3.8, 4) is 22.3 Å². The zero-order valence-corrected chi connectivity index (χ0v) is 34.2. The van der Waals surface area contributed by atoms with Gasteiger partial charge in [0.2, 0.25) is 0 Å². The van der Waals surface area contributed by atoms with Gasteiger partial charge < -0.3 is 0 Å². The molecule has 0 spiro atoms. The van der Waals surface area contributed by atoms with E-state index in [9.17, 15) is 0 Å². The predicted molar refractivity (Wildman–Crippen MR) is 218 cm³/mol. The van der Waals surface area contributed by atoms with Crippen LogP contribution in [-0.4, -0.2) is 9.52 Å². The van der Waals surface area contributed by atoms with E-state index in [1.165, 1.54) is 71.1 Å². The van der Waals surface area contributed by atoms with Gasteiger partial charge in [-0.25, -0.2) is 0 Å². The second-order valence-corrected chi connectivity index (χ2v) is 17.5. The van der Waals surface area contributed by atoms with Gasteiger partial charge in [0.05, 0.1) is 0 Å². The molecule has 49 heavy (non-hydrogen) atoms. The van der Waals surface area contributed by atoms with Crippen LogP contribution in [0.2, 0.25) is 18.1 Å². The van der Waals surface area contributed by atoms with E-state index < -0.39 is 20.8 Å². The molecule has 8 aromatic carbocycles. The summed E-state index contributed by atoms with van der Waals surface area (Å²) >= 11 is 5.52. The molecule has 244 valence electrons. The van der Waals surface area contributed by atoms with Crippen LogP contribution >= 0.6 is 28.6 Å². The average Bonchev–Trinajstić information content (AvgIpc) is 3.74. The van der Waals surface area contributed by atoms with Crippen LogP contribution in [0.25, 0.3) is 65.3 Å². The molecule has 0 saturated carbocycles. The van der Waals surface area contributed by atoms with Crippen LogP contribution < -0.4 is 0 Å². The van der Waals surface area contributed by atoms with Crippen molar-refractivity contribution in [1.82, 2.24) is 0 Å². The number of halogens is 3. The van der Waals surface area contributed by atoms with Crippen molar-refractivity contribution in [2.45, 2.75) is 39.8 Å². The molecule has 0 unspecified atom stereocenters. The molecular formula is C44H39Cl3SiZr. The third-order valence-corrected chi connectivity index (χ3v) is 8.91. The fourth-order valence-corrected chi connectivity index (χ4v) is 6.61. The quantitative estimate of drug-likeness (QED) is 0.123. The van der Waals surface area contributed by atoms with Gasteiger partial charge in [-0.2, -0.15) is 12.1 Å². The molecule has 0 aromatic heterocycles. The van der Waals surface area contributed by atoms with Crippen molar-refractivity contribution in [1.29, 1.82) is 0 Å². The van der Waals surface area contributed by atoms with Gasteiger partial charge in [0, 0.05) is 9.52 Å². The Labute approximate surface area is 317 Å². The third kappa shape index (κ3) is 8.68. The third-order valence-electron chi connectivity index (χ3n) is 8.58. The maximum absolute atomic E-state index is 6.35. The topological polar surface area (TPSA) is 0 Å². The summed E-state index contributed by atoms with van der Waals surface area (Å²) in [6.07, 6.45) is 0. The van der Waals surface area contributed by atoms with Crippen LogP contribution in [0.15, 0.2) is 140 Å². The summed E-state index contributed by atoms with van der Waals surface area (Å²) < 4.78 is 0. The molecule has 0 atom stereocenters. The van der Waals surface area contributed by atoms with Crippen LogP contribution in [0.4, 0.5) is 0 Å². The van der Waals surface area contributed by atoms with E-state index in [0.717, 1.165) is 19.9 Å². The van der Waals surface area contributed by atoms with Crippen molar-refractivity contribution in [3.05, 3.63) is 156 Å². The Hall–Kier alpha value is -2.97. The molecule has 0 aliphatic carbocycles. The van der Waals surface area contributed by atoms with Crippen molar-refractivity contribution < 1.29 is 20.8 Å². The molecule has 0 heterocycles. The standard InChI is InChI=1S/C22H19.C20H14Cl.C2H6Si.2ClH.Zr/c1-15(2)18-13-17-9-6-12-21(22(17)14-18)20-11-5-8-16-7-3-4-10-19(16)20;1-13-11-18-17(9-10-20(21)19(18)12-13)16-8-4-6-14-5-2-3-7-15(14)16;1-3-2;;;/h3-15H,1-2H3;2-12H,1H3;1-2H3;2*1H;/q2*-1;;;;+4/p-2. The van der Waals surface area contributed by atoms with E-state index in [1.54, 1.807) is 0 Å². The molecule has 0 nitrogen and oxygen atoms in total. The Balaban J connectivity index is 0.000000165. The molecule has 0 bridgehead atoms. The zero-order valence-electron chi connectivity index (χ0n) is 28.5. The number of aryl methyl sites for hydroxylation is 1. The van der Waals surface area contributed by atoms with E-state index in [0.29, 0.717) is 5.92 Å². The summed E-state index contributed by atoms with van der Waals surface area (Å²) in [6.45, 7) is 10.9. The van der Waals surface area contributed by atoms with Crippen LogP contribution in [0, 0.1) is 6.92 Å². The minimum absolute atomic E-state index is 0.563. The summed E-state index contributed by atoms with van der Waals surface area (Å²) in [7, 11) is 11.0. The van der Waals surface area contributed by atoms with Gasteiger partial charge in [-0.3, -0.25) is 0 Å². The fraction of sp³-hybridized carbons (Fsp3) is 0.136. The number of benzene rings is 6. The van der Waals surface area contributed by atoms with Crippen molar-refractivity contribution in [2.75, 3.05) is 0 Å². The van der Waals surface area contributed by atoms with Gasteiger partial charge in [-0.1, -0.05) is 148 Å². The Bertz CT molecular complexity index is 2280. The van der Waals surface area contributed by atoms with Crippen molar-refractivity contribution in [2.24, 2.45) is 0 Å². The second-order valence-electron chi connectivity index (χ2n) is 12.3. The molecule has 2 radical (unpaired) electrons. The first-order chi connectivity index (χ1) is 23.8. The molecule has 0 fully saturated rings. The first-order valence-electron chi connectivity index (χ1n) is 16.4. The van der Waals surface area contributed by atoms with E-state index in [1.807, 2.05) is 6.07 Å². The fourth-order valence-electron chi connectivity index (χ4n) is 6.39. The molecule has 0 saturated heterocycles. The Kier molecular flexibility index (Phi) is 13.5. The van der Waals surface area contributed by atoms with Crippen LogP contribution in [0.1, 0.15) is 30.9 Å².